The van der Waals surface area contributed by atoms with Gasteiger partial charge in [0.15, 0.2) is 0 Å². The van der Waals surface area contributed by atoms with E-state index in [1.54, 1.807) is 18.2 Å². The molecule has 0 aliphatic rings. The number of hydrogen-bond donors (Lipinski definition) is 1. The minimum Gasteiger partial charge on any atom is -0.325 e. The lowest BCUT2D eigenvalue weighted by molar-refractivity contribution is -0.116. The highest BCUT2D eigenvalue weighted by Gasteiger charge is 2.06. The molecule has 4 heteroatoms. The lowest BCUT2D eigenvalue weighted by Gasteiger charge is -2.07. The van der Waals surface area contributed by atoms with Gasteiger partial charge in [-0.1, -0.05) is 55.0 Å². The third kappa shape index (κ3) is 8.13. The Bertz CT molecular complexity index is 460. The van der Waals surface area contributed by atoms with Gasteiger partial charge in [0.25, 0.3) is 0 Å². The molecule has 0 saturated heterocycles. The molecule has 0 aliphatic carbocycles. The number of halogens is 2. The summed E-state index contributed by atoms with van der Waals surface area (Å²) in [5.41, 5.74) is 0.582. The molecular weight excluding hydrogens is 305 g/mol. The van der Waals surface area contributed by atoms with Crippen molar-refractivity contribution >= 4 is 34.8 Å². The largest absolute Gasteiger partial charge is 0.325 e. The second-order valence-electron chi connectivity index (χ2n) is 5.12. The van der Waals surface area contributed by atoms with Crippen molar-refractivity contribution in [2.75, 3.05) is 5.32 Å². The number of allylic oxidation sites excluding steroid dienone is 1. The number of anilines is 1. The first-order valence-electron chi connectivity index (χ1n) is 7.49. The number of carbonyl (C=O) groups excluding carboxylic acids is 1. The van der Waals surface area contributed by atoms with Gasteiger partial charge in [0.2, 0.25) is 5.91 Å². The Balaban J connectivity index is 2.14. The van der Waals surface area contributed by atoms with Gasteiger partial charge in [-0.15, -0.1) is 6.58 Å². The number of rotatable bonds is 10. The lowest BCUT2D eigenvalue weighted by atomic mass is 10.1. The first kappa shape index (κ1) is 18.1. The quantitative estimate of drug-likeness (QED) is 0.400. The van der Waals surface area contributed by atoms with Crippen LogP contribution in [0.1, 0.15) is 51.4 Å². The third-order valence-electron chi connectivity index (χ3n) is 3.26. The maximum absolute atomic E-state index is 11.8. The Morgan fingerprint density at radius 2 is 1.76 bits per heavy atom. The van der Waals surface area contributed by atoms with Crippen LogP contribution in [0.3, 0.4) is 0 Å². The molecule has 21 heavy (non-hydrogen) atoms. The number of nitrogens with one attached hydrogen (secondary N) is 1. The fourth-order valence-electron chi connectivity index (χ4n) is 2.09. The van der Waals surface area contributed by atoms with Crippen LogP contribution in [0.15, 0.2) is 30.9 Å². The molecule has 1 aromatic rings. The van der Waals surface area contributed by atoms with Gasteiger partial charge in [0, 0.05) is 11.4 Å². The van der Waals surface area contributed by atoms with Crippen LogP contribution in [0.25, 0.3) is 0 Å². The number of hydrogen-bond acceptors (Lipinski definition) is 1. The predicted octanol–water partition coefficient (Wildman–Crippen LogP) is 6.24. The van der Waals surface area contributed by atoms with Crippen molar-refractivity contribution in [2.24, 2.45) is 0 Å². The molecule has 0 aliphatic heterocycles. The molecule has 1 amide bonds. The van der Waals surface area contributed by atoms with Gasteiger partial charge in [-0.05, 0) is 37.5 Å². The second-order valence-corrected chi connectivity index (χ2v) is 5.96. The summed E-state index contributed by atoms with van der Waals surface area (Å²) in [6.07, 6.45) is 10.5. The van der Waals surface area contributed by atoms with Crippen molar-refractivity contribution in [1.82, 2.24) is 0 Å². The van der Waals surface area contributed by atoms with E-state index in [2.05, 4.69) is 11.9 Å². The average molecular weight is 328 g/mol. The normalized spacial score (nSPS) is 10.4. The summed E-state index contributed by atoms with van der Waals surface area (Å²) in [5, 5.41) is 3.88. The molecule has 0 fully saturated rings. The minimum atomic E-state index is -0.00850. The van der Waals surface area contributed by atoms with Crippen LogP contribution in [0.5, 0.6) is 0 Å². The molecule has 0 heterocycles. The predicted molar refractivity (Wildman–Crippen MR) is 92.2 cm³/mol. The Kier molecular flexibility index (Phi) is 9.20. The zero-order chi connectivity index (χ0) is 15.5. The Hall–Kier alpha value is -0.990. The summed E-state index contributed by atoms with van der Waals surface area (Å²) in [5.74, 6) is -0.00850. The van der Waals surface area contributed by atoms with E-state index in [1.165, 1.54) is 25.7 Å². The summed E-state index contributed by atoms with van der Waals surface area (Å²) in [6, 6.07) is 5.05. The number of amides is 1. The van der Waals surface area contributed by atoms with Crippen molar-refractivity contribution in [1.29, 1.82) is 0 Å². The van der Waals surface area contributed by atoms with Gasteiger partial charge in [-0.25, -0.2) is 0 Å². The third-order valence-corrected chi connectivity index (χ3v) is 3.83. The van der Waals surface area contributed by atoms with Crippen LogP contribution in [0.4, 0.5) is 5.69 Å². The zero-order valence-electron chi connectivity index (χ0n) is 12.3. The van der Waals surface area contributed by atoms with Crippen molar-refractivity contribution in [3.05, 3.63) is 40.9 Å². The van der Waals surface area contributed by atoms with Crippen LogP contribution in [0.2, 0.25) is 10.0 Å². The maximum atomic E-state index is 11.8. The second kappa shape index (κ2) is 10.7. The minimum absolute atomic E-state index is 0.00850. The maximum Gasteiger partial charge on any atom is 0.224 e. The van der Waals surface area contributed by atoms with Crippen LogP contribution < -0.4 is 5.32 Å². The highest BCUT2D eigenvalue weighted by Crippen LogP contribution is 2.25. The van der Waals surface area contributed by atoms with E-state index in [-0.39, 0.29) is 5.91 Å². The standard InChI is InChI=1S/C17H23Cl2NO/c1-2-3-4-5-6-7-8-9-10-17(21)20-16-13-14(18)11-12-15(16)19/h2,11-13H,1,3-10H2,(H,20,21). The smallest absolute Gasteiger partial charge is 0.224 e. The molecule has 0 radical (unpaired) electrons. The summed E-state index contributed by atoms with van der Waals surface area (Å²) in [6.45, 7) is 3.71. The molecule has 0 spiro atoms. The van der Waals surface area contributed by atoms with E-state index in [1.807, 2.05) is 6.08 Å². The fraction of sp³-hybridized carbons (Fsp3) is 0.471. The highest BCUT2D eigenvalue weighted by atomic mass is 35.5. The SMILES string of the molecule is C=CCCCCCCCCC(=O)Nc1cc(Cl)ccc1Cl. The van der Waals surface area contributed by atoms with Gasteiger partial charge < -0.3 is 5.32 Å². The van der Waals surface area contributed by atoms with Gasteiger partial charge >= 0.3 is 0 Å². The van der Waals surface area contributed by atoms with E-state index in [4.69, 9.17) is 23.2 Å². The summed E-state index contributed by atoms with van der Waals surface area (Å²) in [4.78, 5) is 11.8. The van der Waals surface area contributed by atoms with E-state index in [0.29, 0.717) is 22.2 Å². The Morgan fingerprint density at radius 1 is 1.10 bits per heavy atom. The van der Waals surface area contributed by atoms with Gasteiger partial charge in [-0.3, -0.25) is 4.79 Å². The molecule has 0 bridgehead atoms. The summed E-state index contributed by atoms with van der Waals surface area (Å²) >= 11 is 11.9. The van der Waals surface area contributed by atoms with Crippen LogP contribution in [-0.2, 0) is 4.79 Å². The zero-order valence-corrected chi connectivity index (χ0v) is 13.8. The number of carbonyl (C=O) groups is 1. The molecule has 1 aromatic carbocycles. The van der Waals surface area contributed by atoms with Crippen molar-refractivity contribution in [3.8, 4) is 0 Å². The molecule has 0 atom stereocenters. The molecular formula is C17H23Cl2NO. The first-order valence-corrected chi connectivity index (χ1v) is 8.25. The van der Waals surface area contributed by atoms with Gasteiger partial charge in [0.05, 0.1) is 10.7 Å². The molecule has 0 unspecified atom stereocenters. The molecule has 116 valence electrons. The van der Waals surface area contributed by atoms with Crippen LogP contribution in [-0.4, -0.2) is 5.91 Å². The van der Waals surface area contributed by atoms with Gasteiger partial charge in [-0.2, -0.15) is 0 Å². The van der Waals surface area contributed by atoms with Crippen molar-refractivity contribution in [3.63, 3.8) is 0 Å². The number of unbranched alkanes of at least 4 members (excludes halogenated alkanes) is 6. The topological polar surface area (TPSA) is 29.1 Å². The van der Waals surface area contributed by atoms with Crippen molar-refractivity contribution < 1.29 is 4.79 Å². The monoisotopic (exact) mass is 327 g/mol. The molecule has 1 N–H and O–H groups in total. The molecule has 2 nitrogen and oxygen atoms in total. The summed E-state index contributed by atoms with van der Waals surface area (Å²) in [7, 11) is 0. The molecule has 0 aromatic heterocycles. The van der Waals surface area contributed by atoms with E-state index >= 15 is 0 Å². The fourth-order valence-corrected chi connectivity index (χ4v) is 2.42. The highest BCUT2D eigenvalue weighted by molar-refractivity contribution is 6.35. The lowest BCUT2D eigenvalue weighted by Crippen LogP contribution is -2.11. The Labute approximate surface area is 137 Å². The van der Waals surface area contributed by atoms with Crippen molar-refractivity contribution in [2.45, 2.75) is 51.4 Å². The van der Waals surface area contributed by atoms with Crippen LogP contribution in [0, 0.1) is 0 Å². The van der Waals surface area contributed by atoms with E-state index in [9.17, 15) is 4.79 Å². The molecule has 1 rings (SSSR count). The summed E-state index contributed by atoms with van der Waals surface area (Å²) < 4.78 is 0. The number of benzene rings is 1. The van der Waals surface area contributed by atoms with E-state index < -0.39 is 0 Å². The van der Waals surface area contributed by atoms with E-state index in [0.717, 1.165) is 19.3 Å². The molecule has 0 saturated carbocycles. The van der Waals surface area contributed by atoms with Crippen LogP contribution >= 0.6 is 23.2 Å². The van der Waals surface area contributed by atoms with Gasteiger partial charge in [0.1, 0.15) is 0 Å². The average Bonchev–Trinajstić information content (AvgIpc) is 2.46. The first-order chi connectivity index (χ1) is 10.1. The Morgan fingerprint density at radius 3 is 2.48 bits per heavy atom.